The van der Waals surface area contributed by atoms with Crippen molar-refractivity contribution in [2.75, 3.05) is 12.8 Å². The Bertz CT molecular complexity index is 541. The fourth-order valence-electron chi connectivity index (χ4n) is 1.81. The van der Waals surface area contributed by atoms with Gasteiger partial charge in [0.1, 0.15) is 0 Å². The largest absolute Gasteiger partial charge is 0.352 e. The predicted octanol–water partition coefficient (Wildman–Crippen LogP) is 0.573. The van der Waals surface area contributed by atoms with Gasteiger partial charge in [-0.3, -0.25) is 13.8 Å². The van der Waals surface area contributed by atoms with E-state index in [4.69, 9.17) is 0 Å². The maximum atomic E-state index is 11.9. The van der Waals surface area contributed by atoms with Gasteiger partial charge < -0.3 is 10.6 Å². The summed E-state index contributed by atoms with van der Waals surface area (Å²) in [4.78, 5) is 23.4. The molecule has 0 radical (unpaired) electrons. The van der Waals surface area contributed by atoms with Crippen LogP contribution in [0.1, 0.15) is 28.8 Å². The highest BCUT2D eigenvalue weighted by Gasteiger charge is 2.23. The van der Waals surface area contributed by atoms with Gasteiger partial charge in [0.2, 0.25) is 5.91 Å². The zero-order chi connectivity index (χ0) is 14.5. The first-order valence-corrected chi connectivity index (χ1v) is 8.24. The molecule has 2 rings (SSSR count). The summed E-state index contributed by atoms with van der Waals surface area (Å²) in [5.74, 6) is -0.0325. The lowest BCUT2D eigenvalue weighted by Crippen LogP contribution is -2.37. The first-order chi connectivity index (χ1) is 9.54. The SMILES string of the molecule is CS(=O)Cc1cccc(C(=O)NCC(=O)NC2CC2)c1. The number of carbonyl (C=O) groups excluding carboxylic acids is 2. The van der Waals surface area contributed by atoms with E-state index >= 15 is 0 Å². The average Bonchev–Trinajstić information content (AvgIpc) is 3.19. The van der Waals surface area contributed by atoms with Crippen molar-refractivity contribution >= 4 is 22.6 Å². The fourth-order valence-corrected chi connectivity index (χ4v) is 2.46. The minimum absolute atomic E-state index is 0.0146. The fraction of sp³-hybridized carbons (Fsp3) is 0.429. The van der Waals surface area contributed by atoms with Gasteiger partial charge in [0, 0.05) is 34.4 Å². The van der Waals surface area contributed by atoms with Gasteiger partial charge in [-0.05, 0) is 30.5 Å². The van der Waals surface area contributed by atoms with Gasteiger partial charge in [-0.2, -0.15) is 0 Å². The number of hydrogen-bond acceptors (Lipinski definition) is 3. The second-order valence-electron chi connectivity index (χ2n) is 4.94. The van der Waals surface area contributed by atoms with Gasteiger partial charge in [-0.15, -0.1) is 0 Å². The van der Waals surface area contributed by atoms with E-state index in [2.05, 4.69) is 10.6 Å². The lowest BCUT2D eigenvalue weighted by atomic mass is 10.1. The third-order valence-electron chi connectivity index (χ3n) is 2.91. The third kappa shape index (κ3) is 4.77. The van der Waals surface area contributed by atoms with Crippen molar-refractivity contribution in [1.29, 1.82) is 0 Å². The highest BCUT2D eigenvalue weighted by Crippen LogP contribution is 2.18. The molecule has 0 spiro atoms. The number of benzene rings is 1. The number of rotatable bonds is 6. The summed E-state index contributed by atoms with van der Waals surface area (Å²) in [7, 11) is -0.945. The van der Waals surface area contributed by atoms with Crippen LogP contribution in [0, 0.1) is 0 Å². The van der Waals surface area contributed by atoms with Gasteiger partial charge in [0.25, 0.3) is 5.91 Å². The minimum atomic E-state index is -0.945. The molecule has 1 aromatic rings. The Labute approximate surface area is 120 Å². The molecule has 2 N–H and O–H groups in total. The molecular formula is C14H18N2O3S. The lowest BCUT2D eigenvalue weighted by molar-refractivity contribution is -0.120. The van der Waals surface area contributed by atoms with Crippen LogP contribution >= 0.6 is 0 Å². The van der Waals surface area contributed by atoms with Crippen molar-refractivity contribution in [3.05, 3.63) is 35.4 Å². The summed E-state index contributed by atoms with van der Waals surface area (Å²) in [6, 6.07) is 7.26. The van der Waals surface area contributed by atoms with E-state index in [1.165, 1.54) is 0 Å². The molecule has 5 nitrogen and oxygen atoms in total. The van der Waals surface area contributed by atoms with E-state index < -0.39 is 10.8 Å². The summed E-state index contributed by atoms with van der Waals surface area (Å²) < 4.78 is 11.2. The van der Waals surface area contributed by atoms with Crippen LogP contribution in [0.25, 0.3) is 0 Å². The summed E-state index contributed by atoms with van der Waals surface area (Å²) >= 11 is 0. The molecule has 1 unspecified atom stereocenters. The van der Waals surface area contributed by atoms with Crippen LogP contribution in [0.3, 0.4) is 0 Å². The molecule has 2 amide bonds. The Morgan fingerprint density at radius 1 is 1.35 bits per heavy atom. The second kappa shape index (κ2) is 6.65. The zero-order valence-electron chi connectivity index (χ0n) is 11.3. The Morgan fingerprint density at radius 2 is 2.10 bits per heavy atom. The van der Waals surface area contributed by atoms with Crippen LogP contribution in [0.4, 0.5) is 0 Å². The molecule has 1 atom stereocenters. The Kier molecular flexibility index (Phi) is 4.89. The average molecular weight is 294 g/mol. The molecule has 1 aliphatic carbocycles. The number of carbonyl (C=O) groups is 2. The summed E-state index contributed by atoms with van der Waals surface area (Å²) in [6.07, 6.45) is 3.67. The Morgan fingerprint density at radius 3 is 2.75 bits per heavy atom. The van der Waals surface area contributed by atoms with E-state index in [9.17, 15) is 13.8 Å². The predicted molar refractivity (Wildman–Crippen MR) is 77.7 cm³/mol. The summed E-state index contributed by atoms with van der Waals surface area (Å²) in [5.41, 5.74) is 1.33. The van der Waals surface area contributed by atoms with Crippen molar-refractivity contribution in [3.63, 3.8) is 0 Å². The molecule has 0 bridgehead atoms. The second-order valence-corrected chi connectivity index (χ2v) is 6.38. The molecule has 1 aromatic carbocycles. The maximum absolute atomic E-state index is 11.9. The molecule has 0 saturated heterocycles. The standard InChI is InChI=1S/C14H18N2O3S/c1-20(19)9-10-3-2-4-11(7-10)14(18)15-8-13(17)16-12-5-6-12/h2-4,7,12H,5-6,8-9H2,1H3,(H,15,18)(H,16,17). The van der Waals surface area contributed by atoms with Crippen LogP contribution in [0.15, 0.2) is 24.3 Å². The van der Waals surface area contributed by atoms with Gasteiger partial charge in [-0.25, -0.2) is 0 Å². The van der Waals surface area contributed by atoms with Crippen molar-refractivity contribution < 1.29 is 13.8 Å². The molecule has 1 saturated carbocycles. The van der Waals surface area contributed by atoms with Crippen LogP contribution in [-0.2, 0) is 21.3 Å². The third-order valence-corrected chi connectivity index (χ3v) is 3.65. The van der Waals surface area contributed by atoms with Crippen molar-refractivity contribution in [3.8, 4) is 0 Å². The highest BCUT2D eigenvalue weighted by molar-refractivity contribution is 7.83. The van der Waals surface area contributed by atoms with Crippen molar-refractivity contribution in [1.82, 2.24) is 10.6 Å². The maximum Gasteiger partial charge on any atom is 0.251 e. The van der Waals surface area contributed by atoms with Crippen LogP contribution < -0.4 is 10.6 Å². The summed E-state index contributed by atoms with van der Waals surface area (Å²) in [6.45, 7) is -0.0146. The highest BCUT2D eigenvalue weighted by atomic mass is 32.2. The Hall–Kier alpha value is -1.69. The quantitative estimate of drug-likeness (QED) is 0.805. The lowest BCUT2D eigenvalue weighted by Gasteiger charge is -2.07. The van der Waals surface area contributed by atoms with Gasteiger partial charge in [0.15, 0.2) is 0 Å². The first kappa shape index (κ1) is 14.7. The van der Waals surface area contributed by atoms with Gasteiger partial charge in [-0.1, -0.05) is 12.1 Å². The molecule has 0 aliphatic heterocycles. The molecule has 1 aliphatic rings. The van der Waals surface area contributed by atoms with Gasteiger partial charge >= 0.3 is 0 Å². The van der Waals surface area contributed by atoms with Crippen molar-refractivity contribution in [2.45, 2.75) is 24.6 Å². The number of amides is 2. The van der Waals surface area contributed by atoms with Crippen molar-refractivity contribution in [2.24, 2.45) is 0 Å². The monoisotopic (exact) mass is 294 g/mol. The molecule has 1 fully saturated rings. The minimum Gasteiger partial charge on any atom is -0.352 e. The first-order valence-electron chi connectivity index (χ1n) is 6.51. The molecule has 0 heterocycles. The smallest absolute Gasteiger partial charge is 0.251 e. The van der Waals surface area contributed by atoms with E-state index in [-0.39, 0.29) is 18.4 Å². The van der Waals surface area contributed by atoms with Crippen LogP contribution in [-0.4, -0.2) is 34.9 Å². The van der Waals surface area contributed by atoms with Crippen LogP contribution in [0.2, 0.25) is 0 Å². The normalized spacial score (nSPS) is 15.4. The van der Waals surface area contributed by atoms with Gasteiger partial charge in [0.05, 0.1) is 6.54 Å². The molecule has 6 heteroatoms. The van der Waals surface area contributed by atoms with Crippen LogP contribution in [0.5, 0.6) is 0 Å². The molecule has 0 aromatic heterocycles. The van der Waals surface area contributed by atoms with E-state index in [1.807, 2.05) is 6.07 Å². The molecular weight excluding hydrogens is 276 g/mol. The molecule has 108 valence electrons. The van der Waals surface area contributed by atoms with E-state index in [1.54, 1.807) is 24.5 Å². The topological polar surface area (TPSA) is 75.3 Å². The van der Waals surface area contributed by atoms with E-state index in [0.717, 1.165) is 18.4 Å². The number of nitrogens with one attached hydrogen (secondary N) is 2. The Balaban J connectivity index is 1.87. The van der Waals surface area contributed by atoms with E-state index in [0.29, 0.717) is 17.4 Å². The molecule has 20 heavy (non-hydrogen) atoms. The number of hydrogen-bond donors (Lipinski definition) is 2. The summed E-state index contributed by atoms with van der Waals surface area (Å²) in [5, 5.41) is 5.39. The zero-order valence-corrected chi connectivity index (χ0v) is 12.2.